The van der Waals surface area contributed by atoms with E-state index in [4.69, 9.17) is 18.9 Å². The Kier molecular flexibility index (Phi) is 8.78. The molecule has 0 N–H and O–H groups in total. The first-order valence-electron chi connectivity index (χ1n) is 11.4. The van der Waals surface area contributed by atoms with Gasteiger partial charge in [0.1, 0.15) is 18.3 Å². The van der Waals surface area contributed by atoms with Gasteiger partial charge in [-0.1, -0.05) is 91.0 Å². The van der Waals surface area contributed by atoms with Crippen molar-refractivity contribution in [1.82, 2.24) is 0 Å². The zero-order valence-electron chi connectivity index (χ0n) is 18.6. The molecule has 0 amide bonds. The summed E-state index contributed by atoms with van der Waals surface area (Å²) in [6.07, 6.45) is -0.384. The molecule has 1 fully saturated rings. The Balaban J connectivity index is 1.39. The van der Waals surface area contributed by atoms with Crippen LogP contribution in [0, 0.1) is 0 Å². The highest BCUT2D eigenvalue weighted by molar-refractivity contribution is 5.58. The SMILES string of the molecule is O=C[C@H]1O[C@H](CCOCc2ccccc2)[C@@H](OCc2ccccc2)[C@H]1OCc1ccccc1. The Morgan fingerprint density at radius 1 is 0.667 bits per heavy atom. The molecule has 0 spiro atoms. The summed E-state index contributed by atoms with van der Waals surface area (Å²) < 4.78 is 24.4. The molecule has 1 aliphatic heterocycles. The molecule has 1 saturated heterocycles. The number of carbonyl (C=O) groups excluding carboxylic acids is 1. The van der Waals surface area contributed by atoms with Crippen LogP contribution in [0.2, 0.25) is 0 Å². The van der Waals surface area contributed by atoms with Crippen LogP contribution < -0.4 is 0 Å². The van der Waals surface area contributed by atoms with E-state index in [9.17, 15) is 4.79 Å². The minimum atomic E-state index is -0.673. The molecule has 0 unspecified atom stereocenters. The molecule has 5 nitrogen and oxygen atoms in total. The van der Waals surface area contributed by atoms with E-state index in [1.807, 2.05) is 91.0 Å². The van der Waals surface area contributed by atoms with Crippen LogP contribution in [-0.2, 0) is 43.6 Å². The predicted molar refractivity (Wildman–Crippen MR) is 125 cm³/mol. The molecular weight excluding hydrogens is 416 g/mol. The van der Waals surface area contributed by atoms with Gasteiger partial charge in [-0.2, -0.15) is 0 Å². The predicted octanol–water partition coefficient (Wildman–Crippen LogP) is 4.73. The molecule has 1 heterocycles. The van der Waals surface area contributed by atoms with Crippen LogP contribution >= 0.6 is 0 Å². The third-order valence-corrected chi connectivity index (χ3v) is 5.71. The molecule has 0 aromatic heterocycles. The average molecular weight is 447 g/mol. The topological polar surface area (TPSA) is 54.0 Å². The van der Waals surface area contributed by atoms with Crippen molar-refractivity contribution in [3.63, 3.8) is 0 Å². The maximum absolute atomic E-state index is 11.8. The van der Waals surface area contributed by atoms with Gasteiger partial charge in [-0.3, -0.25) is 0 Å². The zero-order chi connectivity index (χ0) is 22.7. The standard InChI is InChI=1S/C28H30O5/c29-18-26-28(32-21-24-14-8-3-9-15-24)27(31-20-23-12-6-2-7-13-23)25(33-26)16-17-30-19-22-10-4-1-5-11-22/h1-15,18,25-28H,16-17,19-21H2/t25-,26-,27-,28+/m1/s1. The molecule has 0 aliphatic carbocycles. The molecular formula is C28H30O5. The van der Waals surface area contributed by atoms with Gasteiger partial charge in [0, 0.05) is 6.61 Å². The fourth-order valence-corrected chi connectivity index (χ4v) is 3.99. The lowest BCUT2D eigenvalue weighted by Gasteiger charge is -2.24. The number of aldehydes is 1. The van der Waals surface area contributed by atoms with Crippen LogP contribution in [0.3, 0.4) is 0 Å². The van der Waals surface area contributed by atoms with E-state index in [2.05, 4.69) is 0 Å². The molecule has 0 radical (unpaired) electrons. The second-order valence-corrected chi connectivity index (χ2v) is 8.12. The molecule has 1 aliphatic rings. The summed E-state index contributed by atoms with van der Waals surface area (Å²) in [5.74, 6) is 0. The van der Waals surface area contributed by atoms with E-state index < -0.39 is 12.2 Å². The number of ether oxygens (including phenoxy) is 4. The van der Waals surface area contributed by atoms with E-state index in [0.717, 1.165) is 23.0 Å². The fourth-order valence-electron chi connectivity index (χ4n) is 3.99. The van der Waals surface area contributed by atoms with E-state index >= 15 is 0 Å². The van der Waals surface area contributed by atoms with Crippen molar-refractivity contribution < 1.29 is 23.7 Å². The fraction of sp³-hybridized carbons (Fsp3) is 0.321. The van der Waals surface area contributed by atoms with Gasteiger partial charge in [0.05, 0.1) is 25.9 Å². The summed E-state index contributed by atoms with van der Waals surface area (Å²) in [5, 5.41) is 0. The van der Waals surface area contributed by atoms with E-state index in [-0.39, 0.29) is 12.2 Å². The maximum Gasteiger partial charge on any atom is 0.151 e. The van der Waals surface area contributed by atoms with Crippen LogP contribution in [0.4, 0.5) is 0 Å². The van der Waals surface area contributed by atoms with Crippen LogP contribution in [-0.4, -0.2) is 37.3 Å². The molecule has 3 aromatic carbocycles. The number of carbonyl (C=O) groups is 1. The first-order chi connectivity index (χ1) is 16.3. The van der Waals surface area contributed by atoms with Crippen molar-refractivity contribution in [3.05, 3.63) is 108 Å². The number of hydrogen-bond donors (Lipinski definition) is 0. The van der Waals surface area contributed by atoms with Crippen LogP contribution in [0.1, 0.15) is 23.1 Å². The average Bonchev–Trinajstić information content (AvgIpc) is 3.22. The molecule has 4 rings (SSSR count). The van der Waals surface area contributed by atoms with Gasteiger partial charge in [-0.05, 0) is 23.1 Å². The quantitative estimate of drug-likeness (QED) is 0.297. The summed E-state index contributed by atoms with van der Waals surface area (Å²) in [4.78, 5) is 11.8. The first kappa shape index (κ1) is 23.3. The zero-order valence-corrected chi connectivity index (χ0v) is 18.6. The summed E-state index contributed by atoms with van der Waals surface area (Å²) in [5.41, 5.74) is 3.23. The molecule has 4 atom stereocenters. The molecule has 172 valence electrons. The Morgan fingerprint density at radius 2 is 1.15 bits per heavy atom. The molecule has 3 aromatic rings. The maximum atomic E-state index is 11.8. The van der Waals surface area contributed by atoms with Gasteiger partial charge in [-0.15, -0.1) is 0 Å². The largest absolute Gasteiger partial charge is 0.377 e. The van der Waals surface area contributed by atoms with Crippen molar-refractivity contribution in [2.45, 2.75) is 50.7 Å². The third-order valence-electron chi connectivity index (χ3n) is 5.71. The number of rotatable bonds is 12. The molecule has 0 bridgehead atoms. The van der Waals surface area contributed by atoms with Crippen LogP contribution in [0.25, 0.3) is 0 Å². The van der Waals surface area contributed by atoms with E-state index in [1.54, 1.807) is 0 Å². The third kappa shape index (κ3) is 6.83. The Morgan fingerprint density at radius 3 is 1.67 bits per heavy atom. The number of benzene rings is 3. The van der Waals surface area contributed by atoms with Crippen molar-refractivity contribution >= 4 is 6.29 Å². The number of hydrogen-bond acceptors (Lipinski definition) is 5. The summed E-state index contributed by atoms with van der Waals surface area (Å²) in [6, 6.07) is 29.9. The highest BCUT2D eigenvalue weighted by Crippen LogP contribution is 2.29. The van der Waals surface area contributed by atoms with Crippen molar-refractivity contribution in [1.29, 1.82) is 0 Å². The Bertz CT molecular complexity index is 948. The van der Waals surface area contributed by atoms with Gasteiger partial charge in [0.15, 0.2) is 6.29 Å². The highest BCUT2D eigenvalue weighted by atomic mass is 16.6. The summed E-state index contributed by atoms with van der Waals surface area (Å²) in [6.45, 7) is 1.85. The summed E-state index contributed by atoms with van der Waals surface area (Å²) in [7, 11) is 0. The highest BCUT2D eigenvalue weighted by Gasteiger charge is 2.46. The molecule has 33 heavy (non-hydrogen) atoms. The van der Waals surface area contributed by atoms with E-state index in [1.165, 1.54) is 0 Å². The van der Waals surface area contributed by atoms with Crippen LogP contribution in [0.5, 0.6) is 0 Å². The van der Waals surface area contributed by atoms with Crippen molar-refractivity contribution in [2.24, 2.45) is 0 Å². The monoisotopic (exact) mass is 446 g/mol. The first-order valence-corrected chi connectivity index (χ1v) is 11.4. The lowest BCUT2D eigenvalue weighted by Crippen LogP contribution is -2.38. The Hall–Kier alpha value is -2.83. The minimum Gasteiger partial charge on any atom is -0.377 e. The van der Waals surface area contributed by atoms with Crippen LogP contribution in [0.15, 0.2) is 91.0 Å². The second-order valence-electron chi connectivity index (χ2n) is 8.12. The van der Waals surface area contributed by atoms with Gasteiger partial charge < -0.3 is 23.7 Å². The van der Waals surface area contributed by atoms with Crippen molar-refractivity contribution in [3.8, 4) is 0 Å². The van der Waals surface area contributed by atoms with Gasteiger partial charge in [0.2, 0.25) is 0 Å². The van der Waals surface area contributed by atoms with Gasteiger partial charge in [-0.25, -0.2) is 0 Å². The van der Waals surface area contributed by atoms with E-state index in [0.29, 0.717) is 32.8 Å². The molecule has 0 saturated carbocycles. The second kappa shape index (κ2) is 12.4. The Labute approximate surface area is 195 Å². The van der Waals surface area contributed by atoms with Gasteiger partial charge >= 0.3 is 0 Å². The minimum absolute atomic E-state index is 0.291. The molecule has 5 heteroatoms. The smallest absolute Gasteiger partial charge is 0.151 e. The van der Waals surface area contributed by atoms with Gasteiger partial charge in [0.25, 0.3) is 0 Å². The normalized spacial score (nSPS) is 22.3. The summed E-state index contributed by atoms with van der Waals surface area (Å²) >= 11 is 0. The van der Waals surface area contributed by atoms with Crippen molar-refractivity contribution in [2.75, 3.05) is 6.61 Å². The lowest BCUT2D eigenvalue weighted by molar-refractivity contribution is -0.124. The lowest BCUT2D eigenvalue weighted by atomic mass is 10.1.